The normalized spacial score (nSPS) is 17.8. The number of piperidine rings is 1. The number of nitrogens with zero attached hydrogens (tertiary/aromatic N) is 3. The van der Waals surface area contributed by atoms with Gasteiger partial charge in [-0.05, 0) is 52.3 Å². The molecule has 7 nitrogen and oxygen atoms in total. The Kier molecular flexibility index (Phi) is 6.11. The van der Waals surface area contributed by atoms with E-state index >= 15 is 0 Å². The SMILES string of the molecule is Cc1ccc(=O)n(CCN2CCCCC2CNC(=O)c2cc(C)oc2C)n1. The maximum Gasteiger partial charge on any atom is 0.266 e. The van der Waals surface area contributed by atoms with Gasteiger partial charge in [-0.1, -0.05) is 6.42 Å². The van der Waals surface area contributed by atoms with Crippen molar-refractivity contribution in [3.63, 3.8) is 0 Å². The minimum Gasteiger partial charge on any atom is -0.466 e. The molecule has 1 aliphatic rings. The molecule has 1 atom stereocenters. The fourth-order valence-corrected chi connectivity index (χ4v) is 3.68. The van der Waals surface area contributed by atoms with Crippen LogP contribution in [0.5, 0.6) is 0 Å². The van der Waals surface area contributed by atoms with Gasteiger partial charge in [-0.15, -0.1) is 0 Å². The van der Waals surface area contributed by atoms with Crippen LogP contribution in [0.15, 0.2) is 27.4 Å². The first-order chi connectivity index (χ1) is 12.9. The molecule has 2 aromatic heterocycles. The Bertz CT molecular complexity index is 855. The molecule has 3 heterocycles. The third kappa shape index (κ3) is 4.86. The van der Waals surface area contributed by atoms with Crippen molar-refractivity contribution < 1.29 is 9.21 Å². The Morgan fingerprint density at radius 1 is 1.26 bits per heavy atom. The van der Waals surface area contributed by atoms with E-state index in [4.69, 9.17) is 4.42 Å². The second kappa shape index (κ2) is 8.52. The van der Waals surface area contributed by atoms with Crippen molar-refractivity contribution in [1.29, 1.82) is 0 Å². The Balaban J connectivity index is 1.58. The van der Waals surface area contributed by atoms with E-state index in [1.165, 1.54) is 4.68 Å². The second-order valence-electron chi connectivity index (χ2n) is 7.26. The second-order valence-corrected chi connectivity index (χ2v) is 7.26. The molecule has 1 N–H and O–H groups in total. The molecule has 1 unspecified atom stereocenters. The van der Waals surface area contributed by atoms with E-state index in [9.17, 15) is 9.59 Å². The Labute approximate surface area is 159 Å². The number of hydrogen-bond acceptors (Lipinski definition) is 5. The molecule has 0 radical (unpaired) electrons. The summed E-state index contributed by atoms with van der Waals surface area (Å²) in [6, 6.07) is 5.35. The van der Waals surface area contributed by atoms with Crippen LogP contribution in [0.1, 0.15) is 46.8 Å². The summed E-state index contributed by atoms with van der Waals surface area (Å²) < 4.78 is 6.97. The lowest BCUT2D eigenvalue weighted by molar-refractivity contribution is 0.0907. The van der Waals surface area contributed by atoms with E-state index in [1.54, 1.807) is 25.1 Å². The smallest absolute Gasteiger partial charge is 0.266 e. The maximum absolute atomic E-state index is 12.4. The van der Waals surface area contributed by atoms with Gasteiger partial charge in [0.2, 0.25) is 0 Å². The van der Waals surface area contributed by atoms with E-state index in [-0.39, 0.29) is 17.5 Å². The molecule has 27 heavy (non-hydrogen) atoms. The number of hydrogen-bond donors (Lipinski definition) is 1. The van der Waals surface area contributed by atoms with E-state index < -0.39 is 0 Å². The number of rotatable bonds is 6. The van der Waals surface area contributed by atoms with Crippen molar-refractivity contribution in [1.82, 2.24) is 20.0 Å². The van der Waals surface area contributed by atoms with Crippen LogP contribution in [0, 0.1) is 20.8 Å². The predicted molar refractivity (Wildman–Crippen MR) is 103 cm³/mol. The zero-order chi connectivity index (χ0) is 19.4. The molecule has 0 aliphatic carbocycles. The number of carbonyl (C=O) groups is 1. The third-order valence-electron chi connectivity index (χ3n) is 5.13. The molecule has 1 fully saturated rings. The first-order valence-corrected chi connectivity index (χ1v) is 9.58. The van der Waals surface area contributed by atoms with Crippen molar-refractivity contribution in [3.8, 4) is 0 Å². The Morgan fingerprint density at radius 2 is 2.07 bits per heavy atom. The quantitative estimate of drug-likeness (QED) is 0.839. The summed E-state index contributed by atoms with van der Waals surface area (Å²) in [5.41, 5.74) is 1.36. The van der Waals surface area contributed by atoms with Crippen LogP contribution in [0.25, 0.3) is 0 Å². The average Bonchev–Trinajstić information content (AvgIpc) is 2.99. The summed E-state index contributed by atoms with van der Waals surface area (Å²) in [4.78, 5) is 26.7. The van der Waals surface area contributed by atoms with Crippen LogP contribution in [-0.4, -0.2) is 46.3 Å². The predicted octanol–water partition coefficient (Wildman–Crippen LogP) is 2.05. The highest BCUT2D eigenvalue weighted by molar-refractivity contribution is 5.95. The van der Waals surface area contributed by atoms with Crippen molar-refractivity contribution in [2.45, 2.75) is 52.6 Å². The number of furan rings is 1. The summed E-state index contributed by atoms with van der Waals surface area (Å²) in [7, 11) is 0. The molecule has 1 aliphatic heterocycles. The molecule has 2 aromatic rings. The van der Waals surface area contributed by atoms with E-state index in [2.05, 4.69) is 15.3 Å². The summed E-state index contributed by atoms with van der Waals surface area (Å²) in [5, 5.41) is 7.35. The first-order valence-electron chi connectivity index (χ1n) is 9.58. The maximum atomic E-state index is 12.4. The molecule has 3 rings (SSSR count). The van der Waals surface area contributed by atoms with E-state index in [0.29, 0.717) is 24.4 Å². The highest BCUT2D eigenvalue weighted by atomic mass is 16.3. The van der Waals surface area contributed by atoms with Gasteiger partial charge in [0, 0.05) is 25.2 Å². The molecule has 0 spiro atoms. The van der Waals surface area contributed by atoms with Crippen LogP contribution >= 0.6 is 0 Å². The highest BCUT2D eigenvalue weighted by Gasteiger charge is 2.23. The van der Waals surface area contributed by atoms with Crippen LogP contribution in [-0.2, 0) is 6.54 Å². The lowest BCUT2D eigenvalue weighted by Gasteiger charge is -2.35. The fraction of sp³-hybridized carbons (Fsp3) is 0.550. The molecular weight excluding hydrogens is 344 g/mol. The van der Waals surface area contributed by atoms with Crippen LogP contribution in [0.2, 0.25) is 0 Å². The largest absolute Gasteiger partial charge is 0.466 e. The summed E-state index contributed by atoms with van der Waals surface area (Å²) >= 11 is 0. The first kappa shape index (κ1) is 19.4. The average molecular weight is 372 g/mol. The van der Waals surface area contributed by atoms with Gasteiger partial charge in [-0.3, -0.25) is 14.5 Å². The fourth-order valence-electron chi connectivity index (χ4n) is 3.68. The van der Waals surface area contributed by atoms with E-state index in [0.717, 1.165) is 43.8 Å². The lowest BCUT2D eigenvalue weighted by atomic mass is 10.0. The van der Waals surface area contributed by atoms with Crippen molar-refractivity contribution in [3.05, 3.63) is 51.3 Å². The number of likely N-dealkylation sites (tertiary alicyclic amines) is 1. The monoisotopic (exact) mass is 372 g/mol. The van der Waals surface area contributed by atoms with Crippen LogP contribution in [0.3, 0.4) is 0 Å². The molecule has 0 saturated carbocycles. The number of nitrogens with one attached hydrogen (secondary N) is 1. The topological polar surface area (TPSA) is 80.4 Å². The summed E-state index contributed by atoms with van der Waals surface area (Å²) in [5.74, 6) is 1.30. The Morgan fingerprint density at radius 3 is 2.81 bits per heavy atom. The van der Waals surface area contributed by atoms with Gasteiger partial charge in [-0.25, -0.2) is 4.68 Å². The lowest BCUT2D eigenvalue weighted by Crippen LogP contribution is -2.48. The zero-order valence-electron chi connectivity index (χ0n) is 16.3. The van der Waals surface area contributed by atoms with Gasteiger partial charge in [0.15, 0.2) is 0 Å². The zero-order valence-corrected chi connectivity index (χ0v) is 16.3. The Hall–Kier alpha value is -2.41. The van der Waals surface area contributed by atoms with Gasteiger partial charge in [0.25, 0.3) is 11.5 Å². The van der Waals surface area contributed by atoms with Gasteiger partial charge < -0.3 is 9.73 Å². The molecule has 0 bridgehead atoms. The van der Waals surface area contributed by atoms with Gasteiger partial charge in [0.05, 0.1) is 17.8 Å². The summed E-state index contributed by atoms with van der Waals surface area (Å²) in [6.07, 6.45) is 3.34. The number of aromatic nitrogens is 2. The molecule has 1 saturated heterocycles. The van der Waals surface area contributed by atoms with Gasteiger partial charge >= 0.3 is 0 Å². The minimum atomic E-state index is -0.0913. The van der Waals surface area contributed by atoms with E-state index in [1.807, 2.05) is 13.8 Å². The van der Waals surface area contributed by atoms with Crippen LogP contribution in [0.4, 0.5) is 0 Å². The number of aryl methyl sites for hydroxylation is 3. The molecule has 0 aromatic carbocycles. The summed E-state index contributed by atoms with van der Waals surface area (Å²) in [6.45, 7) is 8.42. The highest BCUT2D eigenvalue weighted by Crippen LogP contribution is 2.17. The molecule has 146 valence electrons. The molecule has 1 amide bonds. The number of amides is 1. The van der Waals surface area contributed by atoms with Crippen molar-refractivity contribution in [2.24, 2.45) is 0 Å². The van der Waals surface area contributed by atoms with Crippen LogP contribution < -0.4 is 10.9 Å². The molecule has 7 heteroatoms. The van der Waals surface area contributed by atoms with Crippen molar-refractivity contribution in [2.75, 3.05) is 19.6 Å². The third-order valence-corrected chi connectivity index (χ3v) is 5.13. The van der Waals surface area contributed by atoms with Gasteiger partial charge in [0.1, 0.15) is 11.5 Å². The van der Waals surface area contributed by atoms with Crippen molar-refractivity contribution >= 4 is 5.91 Å². The minimum absolute atomic E-state index is 0.0757. The van der Waals surface area contributed by atoms with Gasteiger partial charge in [-0.2, -0.15) is 5.10 Å². The molecular formula is C20H28N4O3. The standard InChI is InChI=1S/C20H28N4O3/c1-14-7-8-19(25)24(22-14)11-10-23-9-5-4-6-17(23)13-21-20(26)18-12-15(2)27-16(18)3/h7-8,12,17H,4-6,9-11,13H2,1-3H3,(H,21,26). The number of carbonyl (C=O) groups excluding carboxylic acids is 1.